The predicted molar refractivity (Wildman–Crippen MR) is 95.3 cm³/mol. The Balaban J connectivity index is 1.58. The molecule has 2 unspecified atom stereocenters. The SMILES string of the molecule is CC1c2cc(C(=O)NCCN3CCCCC3)ccc2N(C)C1C. The Labute approximate surface area is 139 Å². The monoisotopic (exact) mass is 315 g/mol. The van der Waals surface area contributed by atoms with Crippen LogP contribution in [0.5, 0.6) is 0 Å². The summed E-state index contributed by atoms with van der Waals surface area (Å²) in [4.78, 5) is 17.2. The molecule has 1 saturated heterocycles. The molecule has 4 heteroatoms. The number of rotatable bonds is 4. The van der Waals surface area contributed by atoms with Gasteiger partial charge in [0.25, 0.3) is 5.91 Å². The number of fused-ring (bicyclic) bond motifs is 1. The standard InChI is InChI=1S/C19H29N3O/c1-14-15(2)21(3)18-8-7-16(13-17(14)18)19(23)20-9-12-22-10-5-4-6-11-22/h7-8,13-15H,4-6,9-12H2,1-3H3,(H,20,23). The van der Waals surface area contributed by atoms with Gasteiger partial charge in [0.15, 0.2) is 0 Å². The Bertz CT molecular complexity index is 566. The van der Waals surface area contributed by atoms with Crippen molar-refractivity contribution in [1.29, 1.82) is 0 Å². The van der Waals surface area contributed by atoms with Crippen molar-refractivity contribution < 1.29 is 4.79 Å². The summed E-state index contributed by atoms with van der Waals surface area (Å²) in [5.41, 5.74) is 3.34. The average Bonchev–Trinajstić information content (AvgIpc) is 2.80. The summed E-state index contributed by atoms with van der Waals surface area (Å²) >= 11 is 0. The Morgan fingerprint density at radius 2 is 1.96 bits per heavy atom. The summed E-state index contributed by atoms with van der Waals surface area (Å²) in [6.07, 6.45) is 3.94. The molecule has 0 aromatic heterocycles. The molecule has 2 aliphatic heterocycles. The lowest BCUT2D eigenvalue weighted by Crippen LogP contribution is -2.37. The normalized spacial score (nSPS) is 24.6. The van der Waals surface area contributed by atoms with Crippen molar-refractivity contribution in [2.24, 2.45) is 0 Å². The Morgan fingerprint density at radius 1 is 1.22 bits per heavy atom. The molecule has 2 heterocycles. The number of hydrogen-bond donors (Lipinski definition) is 1. The smallest absolute Gasteiger partial charge is 0.251 e. The highest BCUT2D eigenvalue weighted by atomic mass is 16.1. The molecule has 126 valence electrons. The molecule has 0 radical (unpaired) electrons. The van der Waals surface area contributed by atoms with Gasteiger partial charge in [-0.05, 0) is 56.6 Å². The molecular weight excluding hydrogens is 286 g/mol. The van der Waals surface area contributed by atoms with Crippen LogP contribution < -0.4 is 10.2 Å². The number of nitrogens with one attached hydrogen (secondary N) is 1. The van der Waals surface area contributed by atoms with Crippen LogP contribution >= 0.6 is 0 Å². The molecule has 0 aliphatic carbocycles. The lowest BCUT2D eigenvalue weighted by atomic mass is 9.96. The first-order chi connectivity index (χ1) is 11.1. The molecule has 1 amide bonds. The maximum atomic E-state index is 12.4. The van der Waals surface area contributed by atoms with Gasteiger partial charge in [-0.25, -0.2) is 0 Å². The highest BCUT2D eigenvalue weighted by molar-refractivity contribution is 5.95. The van der Waals surface area contributed by atoms with Crippen LogP contribution in [0.2, 0.25) is 0 Å². The Hall–Kier alpha value is -1.55. The van der Waals surface area contributed by atoms with Gasteiger partial charge in [0.1, 0.15) is 0 Å². The third kappa shape index (κ3) is 3.37. The van der Waals surface area contributed by atoms with Crippen molar-refractivity contribution in [3.05, 3.63) is 29.3 Å². The largest absolute Gasteiger partial charge is 0.371 e. The first-order valence-corrected chi connectivity index (χ1v) is 8.95. The van der Waals surface area contributed by atoms with Crippen LogP contribution in [0.3, 0.4) is 0 Å². The van der Waals surface area contributed by atoms with Gasteiger partial charge in [-0.1, -0.05) is 13.3 Å². The molecule has 2 atom stereocenters. The number of likely N-dealkylation sites (tertiary alicyclic amines) is 1. The van der Waals surface area contributed by atoms with Gasteiger partial charge in [-0.2, -0.15) is 0 Å². The second-order valence-electron chi connectivity index (χ2n) is 7.07. The number of hydrogen-bond acceptors (Lipinski definition) is 3. The predicted octanol–water partition coefficient (Wildman–Crippen LogP) is 2.84. The van der Waals surface area contributed by atoms with Crippen LogP contribution in [0.25, 0.3) is 0 Å². The van der Waals surface area contributed by atoms with Crippen LogP contribution in [0.4, 0.5) is 5.69 Å². The second-order valence-corrected chi connectivity index (χ2v) is 7.07. The number of carbonyl (C=O) groups is 1. The van der Waals surface area contributed by atoms with E-state index in [2.05, 4.69) is 48.1 Å². The van der Waals surface area contributed by atoms with Gasteiger partial charge in [0.05, 0.1) is 0 Å². The van der Waals surface area contributed by atoms with E-state index in [1.807, 2.05) is 6.07 Å². The van der Waals surface area contributed by atoms with Gasteiger partial charge in [-0.3, -0.25) is 4.79 Å². The maximum Gasteiger partial charge on any atom is 0.251 e. The zero-order valence-electron chi connectivity index (χ0n) is 14.6. The quantitative estimate of drug-likeness (QED) is 0.928. The molecule has 1 N–H and O–H groups in total. The third-order valence-corrected chi connectivity index (χ3v) is 5.66. The number of likely N-dealkylation sites (N-methyl/N-ethyl adjacent to an activating group) is 1. The van der Waals surface area contributed by atoms with Gasteiger partial charge >= 0.3 is 0 Å². The molecule has 1 fully saturated rings. The third-order valence-electron chi connectivity index (χ3n) is 5.66. The molecule has 0 bridgehead atoms. The van der Waals surface area contributed by atoms with Crippen LogP contribution in [0, 0.1) is 0 Å². The summed E-state index contributed by atoms with van der Waals surface area (Å²) in [6.45, 7) is 8.54. The van der Waals surface area contributed by atoms with Crippen LogP contribution in [0.1, 0.15) is 54.9 Å². The van der Waals surface area contributed by atoms with E-state index in [0.717, 1.165) is 18.7 Å². The first-order valence-electron chi connectivity index (χ1n) is 8.95. The van der Waals surface area contributed by atoms with Crippen molar-refractivity contribution in [1.82, 2.24) is 10.2 Å². The van der Waals surface area contributed by atoms with E-state index in [-0.39, 0.29) is 5.91 Å². The van der Waals surface area contributed by atoms with Gasteiger partial charge < -0.3 is 15.1 Å². The zero-order chi connectivity index (χ0) is 16.4. The molecule has 3 rings (SSSR count). The highest BCUT2D eigenvalue weighted by Crippen LogP contribution is 2.39. The molecular formula is C19H29N3O. The van der Waals surface area contributed by atoms with Gasteiger partial charge in [0, 0.05) is 43.3 Å². The molecule has 0 spiro atoms. The topological polar surface area (TPSA) is 35.6 Å². The van der Waals surface area contributed by atoms with Crippen molar-refractivity contribution in [2.75, 3.05) is 38.1 Å². The molecule has 1 aromatic carbocycles. The fourth-order valence-electron chi connectivity index (χ4n) is 3.81. The summed E-state index contributed by atoms with van der Waals surface area (Å²) in [6, 6.07) is 6.61. The van der Waals surface area contributed by atoms with Crippen LogP contribution in [-0.2, 0) is 0 Å². The van der Waals surface area contributed by atoms with Crippen LogP contribution in [-0.4, -0.2) is 50.1 Å². The minimum Gasteiger partial charge on any atom is -0.371 e. The second kappa shape index (κ2) is 6.91. The van der Waals surface area contributed by atoms with E-state index in [1.54, 1.807) is 0 Å². The maximum absolute atomic E-state index is 12.4. The molecule has 2 aliphatic rings. The molecule has 4 nitrogen and oxygen atoms in total. The lowest BCUT2D eigenvalue weighted by Gasteiger charge is -2.26. The number of amides is 1. The number of piperidine rings is 1. The van der Waals surface area contributed by atoms with Crippen LogP contribution in [0.15, 0.2) is 18.2 Å². The van der Waals surface area contributed by atoms with E-state index < -0.39 is 0 Å². The van der Waals surface area contributed by atoms with Crippen molar-refractivity contribution in [3.63, 3.8) is 0 Å². The zero-order valence-corrected chi connectivity index (χ0v) is 14.6. The minimum absolute atomic E-state index is 0.0548. The fraction of sp³-hybridized carbons (Fsp3) is 0.632. The number of anilines is 1. The Kier molecular flexibility index (Phi) is 4.90. The molecule has 23 heavy (non-hydrogen) atoms. The molecule has 1 aromatic rings. The summed E-state index contributed by atoms with van der Waals surface area (Å²) in [5, 5.41) is 3.08. The highest BCUT2D eigenvalue weighted by Gasteiger charge is 2.30. The summed E-state index contributed by atoms with van der Waals surface area (Å²) in [7, 11) is 2.13. The van der Waals surface area contributed by atoms with E-state index in [1.165, 1.54) is 43.6 Å². The minimum atomic E-state index is 0.0548. The van der Waals surface area contributed by atoms with E-state index in [0.29, 0.717) is 12.0 Å². The number of benzene rings is 1. The van der Waals surface area contributed by atoms with Gasteiger partial charge in [0.2, 0.25) is 0 Å². The molecule has 0 saturated carbocycles. The Morgan fingerprint density at radius 3 is 2.70 bits per heavy atom. The van der Waals surface area contributed by atoms with Gasteiger partial charge in [-0.15, -0.1) is 0 Å². The lowest BCUT2D eigenvalue weighted by molar-refractivity contribution is 0.0946. The average molecular weight is 315 g/mol. The van der Waals surface area contributed by atoms with E-state index in [9.17, 15) is 4.79 Å². The first kappa shape index (κ1) is 16.3. The van der Waals surface area contributed by atoms with Crippen molar-refractivity contribution in [2.45, 2.75) is 45.1 Å². The number of nitrogens with zero attached hydrogens (tertiary/aromatic N) is 2. The number of carbonyl (C=O) groups excluding carboxylic acids is 1. The summed E-state index contributed by atoms with van der Waals surface area (Å²) in [5.74, 6) is 0.523. The fourth-order valence-corrected chi connectivity index (χ4v) is 3.81. The summed E-state index contributed by atoms with van der Waals surface area (Å²) < 4.78 is 0. The van der Waals surface area contributed by atoms with Crippen molar-refractivity contribution >= 4 is 11.6 Å². The van der Waals surface area contributed by atoms with E-state index >= 15 is 0 Å². The van der Waals surface area contributed by atoms with Crippen molar-refractivity contribution in [3.8, 4) is 0 Å². The van der Waals surface area contributed by atoms with E-state index in [4.69, 9.17) is 0 Å².